The second kappa shape index (κ2) is 6.08. The van der Waals surface area contributed by atoms with Gasteiger partial charge in [0.15, 0.2) is 0 Å². The van der Waals surface area contributed by atoms with Crippen molar-refractivity contribution in [3.8, 4) is 0 Å². The van der Waals surface area contributed by atoms with Gasteiger partial charge in [-0.1, -0.05) is 0 Å². The smallest absolute Gasteiger partial charge is 0.251 e. The molecule has 2 atom stereocenters. The number of amides is 1. The zero-order valence-corrected chi connectivity index (χ0v) is 9.61. The Kier molecular flexibility index (Phi) is 5.05. The molecule has 0 aliphatic carbocycles. The molecule has 0 radical (unpaired) electrons. The number of hydrogen-bond acceptors (Lipinski definition) is 3. The molecule has 88 valence electrons. The summed E-state index contributed by atoms with van der Waals surface area (Å²) in [5, 5.41) is 8.73. The Morgan fingerprint density at radius 1 is 1.53 bits per heavy atom. The maximum atomic E-state index is 11.9. The molecule has 1 rings (SSSR count). The molecular weight excluding hydrogens is 194 g/mol. The van der Waals surface area contributed by atoms with E-state index < -0.39 is 0 Å². The molecule has 1 aliphatic heterocycles. The summed E-state index contributed by atoms with van der Waals surface area (Å²) in [5.41, 5.74) is 0. The molecule has 4 heteroatoms. The van der Waals surface area contributed by atoms with Gasteiger partial charge in [-0.15, -0.1) is 0 Å². The van der Waals surface area contributed by atoms with Gasteiger partial charge in [0.1, 0.15) is 6.10 Å². The fourth-order valence-electron chi connectivity index (χ4n) is 1.87. The maximum absolute atomic E-state index is 11.9. The third-order valence-corrected chi connectivity index (χ3v) is 2.79. The van der Waals surface area contributed by atoms with Crippen molar-refractivity contribution in [3.05, 3.63) is 0 Å². The molecule has 0 aromatic heterocycles. The minimum absolute atomic E-state index is 0.0790. The highest BCUT2D eigenvalue weighted by molar-refractivity contribution is 5.81. The summed E-state index contributed by atoms with van der Waals surface area (Å²) in [6.45, 7) is 5.39. The van der Waals surface area contributed by atoms with Crippen LogP contribution >= 0.6 is 0 Å². The van der Waals surface area contributed by atoms with Gasteiger partial charge >= 0.3 is 0 Å². The van der Waals surface area contributed by atoms with E-state index in [2.05, 4.69) is 0 Å². The third-order valence-electron chi connectivity index (χ3n) is 2.79. The molecule has 2 unspecified atom stereocenters. The van der Waals surface area contributed by atoms with Crippen LogP contribution in [0.2, 0.25) is 0 Å². The van der Waals surface area contributed by atoms with Crippen LogP contribution in [0.4, 0.5) is 0 Å². The van der Waals surface area contributed by atoms with Crippen LogP contribution in [0.5, 0.6) is 0 Å². The number of carbonyl (C=O) groups excluding carboxylic acids is 1. The van der Waals surface area contributed by atoms with E-state index in [1.54, 1.807) is 4.90 Å². The Morgan fingerprint density at radius 3 is 2.73 bits per heavy atom. The van der Waals surface area contributed by atoms with Gasteiger partial charge in [0.2, 0.25) is 0 Å². The highest BCUT2D eigenvalue weighted by Crippen LogP contribution is 2.20. The van der Waals surface area contributed by atoms with E-state index in [-0.39, 0.29) is 24.7 Å². The zero-order valence-electron chi connectivity index (χ0n) is 9.61. The monoisotopic (exact) mass is 215 g/mol. The lowest BCUT2D eigenvalue weighted by Crippen LogP contribution is -2.39. The second-order valence-corrected chi connectivity index (χ2v) is 4.01. The topological polar surface area (TPSA) is 49.8 Å². The summed E-state index contributed by atoms with van der Waals surface area (Å²) in [6.07, 6.45) is 2.39. The van der Waals surface area contributed by atoms with E-state index in [0.717, 1.165) is 12.8 Å². The first kappa shape index (κ1) is 12.5. The van der Waals surface area contributed by atoms with E-state index in [4.69, 9.17) is 9.84 Å². The van der Waals surface area contributed by atoms with E-state index in [1.165, 1.54) is 0 Å². The standard InChI is InChI=1S/C11H21NO3/c1-3-12(7-4-8-13)11(14)10-6-5-9(2)15-10/h9-10,13H,3-8H2,1-2H3. The average molecular weight is 215 g/mol. The Morgan fingerprint density at radius 2 is 2.27 bits per heavy atom. The number of carbonyl (C=O) groups is 1. The van der Waals surface area contributed by atoms with Crippen LogP contribution < -0.4 is 0 Å². The second-order valence-electron chi connectivity index (χ2n) is 4.01. The van der Waals surface area contributed by atoms with Gasteiger partial charge in [-0.25, -0.2) is 0 Å². The van der Waals surface area contributed by atoms with Crippen molar-refractivity contribution in [2.45, 2.75) is 45.3 Å². The molecule has 0 bridgehead atoms. The molecular formula is C11H21NO3. The predicted octanol–water partition coefficient (Wildman–Crippen LogP) is 0.785. The molecule has 1 amide bonds. The lowest BCUT2D eigenvalue weighted by Gasteiger charge is -2.23. The summed E-state index contributed by atoms with van der Waals surface area (Å²) >= 11 is 0. The van der Waals surface area contributed by atoms with E-state index in [9.17, 15) is 4.79 Å². The molecule has 1 aliphatic rings. The van der Waals surface area contributed by atoms with Crippen molar-refractivity contribution in [2.24, 2.45) is 0 Å². The van der Waals surface area contributed by atoms with Gasteiger partial charge in [0.25, 0.3) is 5.91 Å². The number of aliphatic hydroxyl groups is 1. The number of likely N-dealkylation sites (N-methyl/N-ethyl adjacent to an activating group) is 1. The minimum Gasteiger partial charge on any atom is -0.396 e. The van der Waals surface area contributed by atoms with Crippen LogP contribution in [-0.4, -0.2) is 47.8 Å². The van der Waals surface area contributed by atoms with Crippen molar-refractivity contribution < 1.29 is 14.6 Å². The molecule has 15 heavy (non-hydrogen) atoms. The molecule has 1 heterocycles. The van der Waals surface area contributed by atoms with Crippen molar-refractivity contribution >= 4 is 5.91 Å². The quantitative estimate of drug-likeness (QED) is 0.737. The van der Waals surface area contributed by atoms with Gasteiger partial charge in [-0.2, -0.15) is 0 Å². The maximum Gasteiger partial charge on any atom is 0.251 e. The summed E-state index contributed by atoms with van der Waals surface area (Å²) in [7, 11) is 0. The van der Waals surface area contributed by atoms with Gasteiger partial charge in [0.05, 0.1) is 6.10 Å². The first-order valence-electron chi connectivity index (χ1n) is 5.74. The molecule has 0 saturated carbocycles. The van der Waals surface area contributed by atoms with Crippen LogP contribution in [-0.2, 0) is 9.53 Å². The van der Waals surface area contributed by atoms with Crippen LogP contribution in [0.3, 0.4) is 0 Å². The largest absolute Gasteiger partial charge is 0.396 e. The Bertz CT molecular complexity index is 208. The molecule has 1 N–H and O–H groups in total. The molecule has 4 nitrogen and oxygen atoms in total. The Hall–Kier alpha value is -0.610. The molecule has 0 aromatic rings. The fraction of sp³-hybridized carbons (Fsp3) is 0.909. The van der Waals surface area contributed by atoms with Crippen molar-refractivity contribution in [1.29, 1.82) is 0 Å². The Balaban J connectivity index is 2.42. The Labute approximate surface area is 91.2 Å². The van der Waals surface area contributed by atoms with Crippen molar-refractivity contribution in [2.75, 3.05) is 19.7 Å². The SMILES string of the molecule is CCN(CCCO)C(=O)C1CCC(C)O1. The normalized spacial score (nSPS) is 25.5. The summed E-state index contributed by atoms with van der Waals surface area (Å²) in [5.74, 6) is 0.0790. The van der Waals surface area contributed by atoms with Gasteiger partial charge < -0.3 is 14.7 Å². The lowest BCUT2D eigenvalue weighted by atomic mass is 10.2. The highest BCUT2D eigenvalue weighted by atomic mass is 16.5. The van der Waals surface area contributed by atoms with E-state index in [0.29, 0.717) is 19.5 Å². The van der Waals surface area contributed by atoms with Gasteiger partial charge in [0, 0.05) is 19.7 Å². The number of rotatable bonds is 5. The summed E-state index contributed by atoms with van der Waals surface area (Å²) in [6, 6.07) is 0. The lowest BCUT2D eigenvalue weighted by molar-refractivity contribution is -0.142. The zero-order chi connectivity index (χ0) is 11.3. The number of hydrogen-bond donors (Lipinski definition) is 1. The molecule has 1 fully saturated rings. The summed E-state index contributed by atoms with van der Waals surface area (Å²) in [4.78, 5) is 13.7. The molecule has 0 spiro atoms. The van der Waals surface area contributed by atoms with Crippen LogP contribution in [0, 0.1) is 0 Å². The van der Waals surface area contributed by atoms with Crippen molar-refractivity contribution in [3.63, 3.8) is 0 Å². The number of aliphatic hydroxyl groups excluding tert-OH is 1. The highest BCUT2D eigenvalue weighted by Gasteiger charge is 2.30. The molecule has 0 aromatic carbocycles. The number of ether oxygens (including phenoxy) is 1. The fourth-order valence-corrected chi connectivity index (χ4v) is 1.87. The van der Waals surface area contributed by atoms with Gasteiger partial charge in [-0.05, 0) is 33.1 Å². The third kappa shape index (κ3) is 3.47. The molecule has 1 saturated heterocycles. The van der Waals surface area contributed by atoms with Crippen LogP contribution in [0.1, 0.15) is 33.1 Å². The first-order chi connectivity index (χ1) is 7.19. The number of nitrogens with zero attached hydrogens (tertiary/aromatic N) is 1. The first-order valence-corrected chi connectivity index (χ1v) is 5.74. The van der Waals surface area contributed by atoms with Gasteiger partial charge in [-0.3, -0.25) is 4.79 Å². The van der Waals surface area contributed by atoms with E-state index in [1.807, 2.05) is 13.8 Å². The minimum atomic E-state index is -0.251. The predicted molar refractivity (Wildman–Crippen MR) is 57.5 cm³/mol. The van der Waals surface area contributed by atoms with Crippen molar-refractivity contribution in [1.82, 2.24) is 4.90 Å². The van der Waals surface area contributed by atoms with E-state index >= 15 is 0 Å². The van der Waals surface area contributed by atoms with Crippen LogP contribution in [0.15, 0.2) is 0 Å². The average Bonchev–Trinajstić information content (AvgIpc) is 2.65. The summed E-state index contributed by atoms with van der Waals surface area (Å²) < 4.78 is 5.53. The van der Waals surface area contributed by atoms with Crippen LogP contribution in [0.25, 0.3) is 0 Å².